The third-order valence-corrected chi connectivity index (χ3v) is 2.35. The molecule has 20 heavy (non-hydrogen) atoms. The lowest BCUT2D eigenvalue weighted by atomic mass is 10.4. The molecule has 0 fully saturated rings. The highest BCUT2D eigenvalue weighted by atomic mass is 16.5. The number of methoxy groups -OCH3 is 1. The molecule has 2 rings (SSSR count). The average molecular weight is 275 g/mol. The highest BCUT2D eigenvalue weighted by Gasteiger charge is 2.05. The van der Waals surface area contributed by atoms with Gasteiger partial charge in [-0.05, 0) is 18.2 Å². The van der Waals surface area contributed by atoms with Gasteiger partial charge in [-0.3, -0.25) is 14.3 Å². The Morgan fingerprint density at radius 1 is 1.50 bits per heavy atom. The van der Waals surface area contributed by atoms with E-state index in [0.717, 1.165) is 0 Å². The van der Waals surface area contributed by atoms with Crippen molar-refractivity contribution in [2.75, 3.05) is 12.4 Å². The van der Waals surface area contributed by atoms with Gasteiger partial charge in [0.15, 0.2) is 5.82 Å². The summed E-state index contributed by atoms with van der Waals surface area (Å²) in [4.78, 5) is 22.7. The molecular weight excluding hydrogens is 262 g/mol. The lowest BCUT2D eigenvalue weighted by molar-refractivity contribution is -0.141. The summed E-state index contributed by atoms with van der Waals surface area (Å²) in [6, 6.07) is 5.04. The van der Waals surface area contributed by atoms with E-state index in [9.17, 15) is 9.59 Å². The van der Waals surface area contributed by atoms with Gasteiger partial charge in [-0.2, -0.15) is 5.10 Å². The maximum Gasteiger partial charge on any atom is 0.327 e. The topological polar surface area (TPSA) is 86.4 Å². The number of amides is 1. The molecule has 0 aliphatic rings. The normalized spacial score (nSPS) is 10.7. The van der Waals surface area contributed by atoms with Crippen LogP contribution in [0.4, 0.5) is 5.82 Å². The number of carbonyl (C=O) groups is 2. The van der Waals surface area contributed by atoms with Crippen LogP contribution in [0.25, 0.3) is 6.08 Å². The molecule has 0 aliphatic carbocycles. The quantitative estimate of drug-likeness (QED) is 0.656. The number of nitrogens with one attached hydrogen (secondary N) is 1. The number of hydrogen-bond acceptors (Lipinski definition) is 5. The SMILES string of the molecule is COC(=O)Cn1ccc(NC(=O)/C=C/c2ccco2)n1. The van der Waals surface area contributed by atoms with E-state index >= 15 is 0 Å². The van der Waals surface area contributed by atoms with Crippen LogP contribution in [0.15, 0.2) is 41.2 Å². The predicted molar refractivity (Wildman–Crippen MR) is 70.6 cm³/mol. The van der Waals surface area contributed by atoms with Crippen LogP contribution in [0, 0.1) is 0 Å². The smallest absolute Gasteiger partial charge is 0.327 e. The first-order valence-corrected chi connectivity index (χ1v) is 5.80. The van der Waals surface area contributed by atoms with Crippen LogP contribution in [0.3, 0.4) is 0 Å². The summed E-state index contributed by atoms with van der Waals surface area (Å²) in [6.07, 6.45) is 5.97. The van der Waals surface area contributed by atoms with E-state index in [-0.39, 0.29) is 12.5 Å². The van der Waals surface area contributed by atoms with Crippen molar-refractivity contribution in [3.05, 3.63) is 42.5 Å². The van der Waals surface area contributed by atoms with Gasteiger partial charge in [0.25, 0.3) is 0 Å². The summed E-state index contributed by atoms with van der Waals surface area (Å²) in [6.45, 7) is -0.00535. The van der Waals surface area contributed by atoms with Gasteiger partial charge in [0, 0.05) is 18.3 Å². The fraction of sp³-hybridized carbons (Fsp3) is 0.154. The zero-order chi connectivity index (χ0) is 14.4. The zero-order valence-electron chi connectivity index (χ0n) is 10.8. The monoisotopic (exact) mass is 275 g/mol. The van der Waals surface area contributed by atoms with E-state index in [0.29, 0.717) is 11.6 Å². The molecule has 2 aromatic heterocycles. The Kier molecular flexibility index (Phi) is 4.33. The number of hydrogen-bond donors (Lipinski definition) is 1. The van der Waals surface area contributed by atoms with Gasteiger partial charge in [-0.15, -0.1) is 0 Å². The molecule has 1 N–H and O–H groups in total. The molecule has 0 atom stereocenters. The molecule has 0 bridgehead atoms. The maximum absolute atomic E-state index is 11.6. The predicted octanol–water partition coefficient (Wildman–Crippen LogP) is 1.30. The van der Waals surface area contributed by atoms with Crippen LogP contribution in [0.1, 0.15) is 5.76 Å². The van der Waals surface area contributed by atoms with Crippen LogP contribution >= 0.6 is 0 Å². The van der Waals surface area contributed by atoms with Gasteiger partial charge in [0.05, 0.1) is 13.4 Å². The average Bonchev–Trinajstić information content (AvgIpc) is 3.08. The molecule has 0 radical (unpaired) electrons. The Balaban J connectivity index is 1.90. The first-order chi connectivity index (χ1) is 9.67. The molecule has 0 saturated heterocycles. The number of carbonyl (C=O) groups excluding carboxylic acids is 2. The van der Waals surface area contributed by atoms with E-state index in [1.165, 1.54) is 24.1 Å². The lowest BCUT2D eigenvalue weighted by Gasteiger charge is -1.99. The Morgan fingerprint density at radius 3 is 3.05 bits per heavy atom. The van der Waals surface area contributed by atoms with Crippen molar-refractivity contribution in [2.24, 2.45) is 0 Å². The van der Waals surface area contributed by atoms with Crippen molar-refractivity contribution in [1.29, 1.82) is 0 Å². The minimum Gasteiger partial charge on any atom is -0.468 e. The van der Waals surface area contributed by atoms with E-state index < -0.39 is 5.97 Å². The molecular formula is C13H13N3O4. The van der Waals surface area contributed by atoms with Gasteiger partial charge in [0.1, 0.15) is 12.3 Å². The Morgan fingerprint density at radius 2 is 2.35 bits per heavy atom. The lowest BCUT2D eigenvalue weighted by Crippen LogP contribution is -2.13. The Hall–Kier alpha value is -2.83. The number of esters is 1. The Bertz CT molecular complexity index is 613. The highest BCUT2D eigenvalue weighted by molar-refractivity contribution is 6.01. The minimum atomic E-state index is -0.413. The number of nitrogens with zero attached hydrogens (tertiary/aromatic N) is 2. The largest absolute Gasteiger partial charge is 0.468 e. The van der Waals surface area contributed by atoms with Crippen LogP contribution < -0.4 is 5.32 Å². The van der Waals surface area contributed by atoms with Crippen molar-refractivity contribution in [3.63, 3.8) is 0 Å². The number of rotatable bonds is 5. The molecule has 7 heteroatoms. The number of aromatic nitrogens is 2. The third kappa shape index (κ3) is 3.84. The molecule has 0 aliphatic heterocycles. The van der Waals surface area contributed by atoms with E-state index in [1.54, 1.807) is 30.5 Å². The second-order valence-corrected chi connectivity index (χ2v) is 3.81. The van der Waals surface area contributed by atoms with Gasteiger partial charge >= 0.3 is 5.97 Å². The molecule has 7 nitrogen and oxygen atoms in total. The molecule has 0 spiro atoms. The molecule has 0 aromatic carbocycles. The van der Waals surface area contributed by atoms with Crippen molar-refractivity contribution in [3.8, 4) is 0 Å². The summed E-state index contributed by atoms with van der Waals surface area (Å²) in [5, 5.41) is 6.57. The maximum atomic E-state index is 11.6. The van der Waals surface area contributed by atoms with Crippen LogP contribution in [0.5, 0.6) is 0 Å². The third-order valence-electron chi connectivity index (χ3n) is 2.35. The second kappa shape index (κ2) is 6.37. The summed E-state index contributed by atoms with van der Waals surface area (Å²) in [5.74, 6) is 0.174. The Labute approximate surface area is 114 Å². The van der Waals surface area contributed by atoms with E-state index in [2.05, 4.69) is 15.2 Å². The fourth-order valence-electron chi connectivity index (χ4n) is 1.43. The number of furan rings is 1. The van der Waals surface area contributed by atoms with Gasteiger partial charge in [0.2, 0.25) is 5.91 Å². The minimum absolute atomic E-state index is 0.00535. The standard InChI is InChI=1S/C13H13N3O4/c1-19-13(18)9-16-7-6-11(15-16)14-12(17)5-4-10-3-2-8-20-10/h2-8H,9H2,1H3,(H,14,15,17)/b5-4+. The van der Waals surface area contributed by atoms with Crippen molar-refractivity contribution in [2.45, 2.75) is 6.54 Å². The molecule has 2 aromatic rings. The summed E-state index contributed by atoms with van der Waals surface area (Å²) < 4.78 is 10.9. The molecule has 104 valence electrons. The highest BCUT2D eigenvalue weighted by Crippen LogP contribution is 2.05. The van der Waals surface area contributed by atoms with Gasteiger partial charge < -0.3 is 14.5 Å². The zero-order valence-corrected chi connectivity index (χ0v) is 10.8. The van der Waals surface area contributed by atoms with Crippen molar-refractivity contribution in [1.82, 2.24) is 9.78 Å². The van der Waals surface area contributed by atoms with Crippen molar-refractivity contribution >= 4 is 23.8 Å². The second-order valence-electron chi connectivity index (χ2n) is 3.81. The fourth-order valence-corrected chi connectivity index (χ4v) is 1.43. The van der Waals surface area contributed by atoms with E-state index in [4.69, 9.17) is 4.42 Å². The van der Waals surface area contributed by atoms with Gasteiger partial charge in [-0.1, -0.05) is 0 Å². The first kappa shape index (κ1) is 13.6. The van der Waals surface area contributed by atoms with E-state index in [1.807, 2.05) is 0 Å². The summed E-state index contributed by atoms with van der Waals surface area (Å²) in [7, 11) is 1.30. The number of anilines is 1. The van der Waals surface area contributed by atoms with Crippen LogP contribution in [-0.4, -0.2) is 28.8 Å². The van der Waals surface area contributed by atoms with Crippen LogP contribution in [-0.2, 0) is 20.9 Å². The first-order valence-electron chi connectivity index (χ1n) is 5.80. The molecule has 0 saturated carbocycles. The summed E-state index contributed by atoms with van der Waals surface area (Å²) in [5.41, 5.74) is 0. The molecule has 1 amide bonds. The van der Waals surface area contributed by atoms with Crippen LogP contribution in [0.2, 0.25) is 0 Å². The number of ether oxygens (including phenoxy) is 1. The molecule has 0 unspecified atom stereocenters. The van der Waals surface area contributed by atoms with Gasteiger partial charge in [-0.25, -0.2) is 0 Å². The summed E-state index contributed by atoms with van der Waals surface area (Å²) >= 11 is 0. The molecule has 2 heterocycles. The van der Waals surface area contributed by atoms with Crippen molar-refractivity contribution < 1.29 is 18.7 Å².